The molecule has 20 heavy (non-hydrogen) atoms. The monoisotopic (exact) mass is 273 g/mol. The van der Waals surface area contributed by atoms with Crippen molar-refractivity contribution in [2.24, 2.45) is 5.41 Å². The SMILES string of the molecule is CCCNC(Cc1cc(C)cc(C)c1)C1(C)CCCC1. The van der Waals surface area contributed by atoms with Gasteiger partial charge < -0.3 is 5.32 Å². The van der Waals surface area contributed by atoms with Crippen molar-refractivity contribution in [3.8, 4) is 0 Å². The minimum absolute atomic E-state index is 0.493. The molecule has 1 atom stereocenters. The summed E-state index contributed by atoms with van der Waals surface area (Å²) in [4.78, 5) is 0. The Morgan fingerprint density at radius 1 is 1.10 bits per heavy atom. The van der Waals surface area contributed by atoms with E-state index in [0.717, 1.165) is 6.54 Å². The number of nitrogens with one attached hydrogen (secondary N) is 1. The van der Waals surface area contributed by atoms with E-state index < -0.39 is 0 Å². The van der Waals surface area contributed by atoms with E-state index in [1.165, 1.54) is 55.2 Å². The van der Waals surface area contributed by atoms with E-state index in [9.17, 15) is 0 Å². The van der Waals surface area contributed by atoms with Gasteiger partial charge >= 0.3 is 0 Å². The van der Waals surface area contributed by atoms with Gasteiger partial charge in [-0.05, 0) is 57.1 Å². The fourth-order valence-corrected chi connectivity index (χ4v) is 3.84. The lowest BCUT2D eigenvalue weighted by atomic mass is 9.77. The van der Waals surface area contributed by atoms with Crippen molar-refractivity contribution in [3.05, 3.63) is 34.9 Å². The predicted molar refractivity (Wildman–Crippen MR) is 88.3 cm³/mol. The molecule has 2 rings (SSSR count). The van der Waals surface area contributed by atoms with Gasteiger partial charge in [0, 0.05) is 6.04 Å². The Morgan fingerprint density at radius 2 is 1.70 bits per heavy atom. The molecule has 0 amide bonds. The van der Waals surface area contributed by atoms with E-state index in [2.05, 4.69) is 51.2 Å². The summed E-state index contributed by atoms with van der Waals surface area (Å²) in [5.41, 5.74) is 4.79. The van der Waals surface area contributed by atoms with Crippen molar-refractivity contribution >= 4 is 0 Å². The first-order chi connectivity index (χ1) is 9.53. The van der Waals surface area contributed by atoms with E-state index in [-0.39, 0.29) is 0 Å². The van der Waals surface area contributed by atoms with Crippen LogP contribution >= 0.6 is 0 Å². The predicted octanol–water partition coefficient (Wildman–Crippen LogP) is 4.79. The van der Waals surface area contributed by atoms with Gasteiger partial charge in [0.15, 0.2) is 0 Å². The van der Waals surface area contributed by atoms with Crippen LogP contribution in [0.1, 0.15) is 62.6 Å². The first-order valence-corrected chi connectivity index (χ1v) is 8.34. The number of aryl methyl sites for hydroxylation is 2. The highest BCUT2D eigenvalue weighted by Gasteiger charge is 2.36. The van der Waals surface area contributed by atoms with E-state index in [0.29, 0.717) is 11.5 Å². The third-order valence-corrected chi connectivity index (χ3v) is 4.95. The van der Waals surface area contributed by atoms with Gasteiger partial charge in [-0.15, -0.1) is 0 Å². The fraction of sp³-hybridized carbons (Fsp3) is 0.684. The van der Waals surface area contributed by atoms with Crippen molar-refractivity contribution < 1.29 is 0 Å². The fourth-order valence-electron chi connectivity index (χ4n) is 3.84. The van der Waals surface area contributed by atoms with E-state index in [1.54, 1.807) is 0 Å². The highest BCUT2D eigenvalue weighted by atomic mass is 14.9. The average molecular weight is 273 g/mol. The van der Waals surface area contributed by atoms with Gasteiger partial charge in [0.1, 0.15) is 0 Å². The Labute approximate surface area is 125 Å². The molecule has 0 bridgehead atoms. The molecule has 1 aromatic rings. The van der Waals surface area contributed by atoms with Crippen LogP contribution in [-0.4, -0.2) is 12.6 Å². The van der Waals surface area contributed by atoms with E-state index in [4.69, 9.17) is 0 Å². The van der Waals surface area contributed by atoms with Crippen LogP contribution < -0.4 is 5.32 Å². The Kier molecular flexibility index (Phi) is 5.26. The van der Waals surface area contributed by atoms with Gasteiger partial charge in [-0.3, -0.25) is 0 Å². The number of rotatable bonds is 6. The van der Waals surface area contributed by atoms with Crippen LogP contribution in [0.4, 0.5) is 0 Å². The summed E-state index contributed by atoms with van der Waals surface area (Å²) in [6.07, 6.45) is 8.00. The third-order valence-electron chi connectivity index (χ3n) is 4.95. The van der Waals surface area contributed by atoms with Gasteiger partial charge in [-0.1, -0.05) is 56.0 Å². The number of hydrogen-bond donors (Lipinski definition) is 1. The molecule has 1 saturated carbocycles. The maximum atomic E-state index is 3.84. The highest BCUT2D eigenvalue weighted by molar-refractivity contribution is 5.29. The van der Waals surface area contributed by atoms with Crippen LogP contribution in [0, 0.1) is 19.3 Å². The van der Waals surface area contributed by atoms with Gasteiger partial charge in [-0.25, -0.2) is 0 Å². The first-order valence-electron chi connectivity index (χ1n) is 8.34. The summed E-state index contributed by atoms with van der Waals surface area (Å²) in [7, 11) is 0. The van der Waals surface area contributed by atoms with Crippen LogP contribution in [0.5, 0.6) is 0 Å². The minimum Gasteiger partial charge on any atom is -0.313 e. The van der Waals surface area contributed by atoms with E-state index >= 15 is 0 Å². The van der Waals surface area contributed by atoms with Crippen molar-refractivity contribution in [1.82, 2.24) is 5.32 Å². The molecule has 0 radical (unpaired) electrons. The first kappa shape index (κ1) is 15.6. The normalized spacial score (nSPS) is 19.2. The van der Waals surface area contributed by atoms with Crippen LogP contribution in [0.2, 0.25) is 0 Å². The lowest BCUT2D eigenvalue weighted by Crippen LogP contribution is -2.44. The maximum Gasteiger partial charge on any atom is 0.0161 e. The Morgan fingerprint density at radius 3 is 2.25 bits per heavy atom. The van der Waals surface area contributed by atoms with Crippen LogP contribution in [0.3, 0.4) is 0 Å². The molecule has 0 saturated heterocycles. The quantitative estimate of drug-likeness (QED) is 0.785. The largest absolute Gasteiger partial charge is 0.313 e. The van der Waals surface area contributed by atoms with Gasteiger partial charge in [0.2, 0.25) is 0 Å². The lowest BCUT2D eigenvalue weighted by Gasteiger charge is -2.35. The second kappa shape index (κ2) is 6.76. The zero-order valence-corrected chi connectivity index (χ0v) is 13.8. The summed E-state index contributed by atoms with van der Waals surface area (Å²) in [6, 6.07) is 7.64. The molecule has 0 aliphatic heterocycles. The van der Waals surface area contributed by atoms with Crippen molar-refractivity contribution in [3.63, 3.8) is 0 Å². The van der Waals surface area contributed by atoms with Crippen LogP contribution in [-0.2, 0) is 6.42 Å². The molecule has 0 heterocycles. The summed E-state index contributed by atoms with van der Waals surface area (Å²) in [5.74, 6) is 0. The topological polar surface area (TPSA) is 12.0 Å². The molecule has 1 unspecified atom stereocenters. The molecule has 112 valence electrons. The average Bonchev–Trinajstić information content (AvgIpc) is 2.81. The second-order valence-corrected chi connectivity index (χ2v) is 7.07. The Hall–Kier alpha value is -0.820. The maximum absolute atomic E-state index is 3.84. The van der Waals surface area contributed by atoms with Gasteiger partial charge in [0.05, 0.1) is 0 Å². The van der Waals surface area contributed by atoms with Crippen molar-refractivity contribution in [2.75, 3.05) is 6.54 Å². The standard InChI is InChI=1S/C19H31N/c1-5-10-20-18(19(4)8-6-7-9-19)14-17-12-15(2)11-16(3)13-17/h11-13,18,20H,5-10,14H2,1-4H3. The van der Waals surface area contributed by atoms with Crippen LogP contribution in [0.15, 0.2) is 18.2 Å². The zero-order valence-electron chi connectivity index (χ0n) is 13.8. The molecule has 1 aliphatic carbocycles. The number of hydrogen-bond acceptors (Lipinski definition) is 1. The van der Waals surface area contributed by atoms with E-state index in [1.807, 2.05) is 0 Å². The molecular weight excluding hydrogens is 242 g/mol. The molecule has 1 N–H and O–H groups in total. The summed E-state index contributed by atoms with van der Waals surface area (Å²) in [6.45, 7) is 10.3. The smallest absolute Gasteiger partial charge is 0.0161 e. The molecule has 1 aliphatic rings. The molecular formula is C19H31N. The molecule has 1 fully saturated rings. The van der Waals surface area contributed by atoms with Crippen LogP contribution in [0.25, 0.3) is 0 Å². The van der Waals surface area contributed by atoms with Crippen molar-refractivity contribution in [2.45, 2.75) is 72.3 Å². The molecule has 1 aromatic carbocycles. The lowest BCUT2D eigenvalue weighted by molar-refractivity contribution is 0.219. The second-order valence-electron chi connectivity index (χ2n) is 7.07. The Balaban J connectivity index is 2.14. The summed E-state index contributed by atoms with van der Waals surface area (Å²) < 4.78 is 0. The summed E-state index contributed by atoms with van der Waals surface area (Å²) in [5, 5.41) is 3.84. The minimum atomic E-state index is 0.493. The van der Waals surface area contributed by atoms with Crippen molar-refractivity contribution in [1.29, 1.82) is 0 Å². The molecule has 1 heteroatoms. The summed E-state index contributed by atoms with van der Waals surface area (Å²) >= 11 is 0. The molecule has 1 nitrogen and oxygen atoms in total. The number of benzene rings is 1. The highest BCUT2D eigenvalue weighted by Crippen LogP contribution is 2.41. The molecule has 0 spiro atoms. The Bertz CT molecular complexity index is 409. The van der Waals surface area contributed by atoms with Gasteiger partial charge in [0.25, 0.3) is 0 Å². The molecule has 0 aromatic heterocycles. The third kappa shape index (κ3) is 3.85. The van der Waals surface area contributed by atoms with Gasteiger partial charge in [-0.2, -0.15) is 0 Å². The zero-order chi connectivity index (χ0) is 14.6.